The first-order valence-electron chi connectivity index (χ1n) is 7.74. The van der Waals surface area contributed by atoms with Crippen LogP contribution in [-0.2, 0) is 4.79 Å². The number of benzene rings is 1. The number of fused-ring (bicyclic) bond motifs is 1. The number of anilines is 1. The topological polar surface area (TPSA) is 59.6 Å². The molecule has 1 atom stereocenters. The first kappa shape index (κ1) is 18.2. The summed E-state index contributed by atoms with van der Waals surface area (Å²) in [5, 5.41) is 6.35. The van der Waals surface area contributed by atoms with E-state index < -0.39 is 0 Å². The lowest BCUT2D eigenvalue weighted by atomic mass is 10.0. The van der Waals surface area contributed by atoms with Crippen molar-refractivity contribution in [3.05, 3.63) is 12.1 Å². The van der Waals surface area contributed by atoms with E-state index in [1.807, 2.05) is 18.4 Å². The van der Waals surface area contributed by atoms with Gasteiger partial charge in [-0.15, -0.1) is 24.2 Å². The van der Waals surface area contributed by atoms with Gasteiger partial charge >= 0.3 is 0 Å². The molecule has 2 N–H and O–H groups in total. The minimum Gasteiger partial charge on any atom is -0.486 e. The average Bonchev–Trinajstić information content (AvgIpc) is 3.05. The quantitative estimate of drug-likeness (QED) is 0.792. The SMILES string of the molecule is CSc1cc2c(cc1NC(=O)CCC1CCNC1)OCCO2.Cl. The Morgan fingerprint density at radius 3 is 2.74 bits per heavy atom. The fourth-order valence-corrected chi connectivity index (χ4v) is 3.40. The van der Waals surface area contributed by atoms with E-state index in [1.54, 1.807) is 11.8 Å². The van der Waals surface area contributed by atoms with Crippen molar-refractivity contribution in [3.8, 4) is 11.5 Å². The first-order chi connectivity index (χ1) is 10.8. The number of amides is 1. The van der Waals surface area contributed by atoms with Crippen LogP contribution >= 0.6 is 24.2 Å². The standard InChI is InChI=1S/C16H22N2O3S.ClH/c1-22-15-9-14-13(20-6-7-21-14)8-12(15)18-16(19)3-2-11-4-5-17-10-11;/h8-9,11,17H,2-7,10H2,1H3,(H,18,19);1H. The molecule has 0 spiro atoms. The van der Waals surface area contributed by atoms with E-state index >= 15 is 0 Å². The lowest BCUT2D eigenvalue weighted by molar-refractivity contribution is -0.116. The lowest BCUT2D eigenvalue weighted by Crippen LogP contribution is -2.17. The van der Waals surface area contributed by atoms with Crippen LogP contribution in [-0.4, -0.2) is 38.5 Å². The number of rotatable bonds is 5. The van der Waals surface area contributed by atoms with E-state index in [0.717, 1.165) is 35.8 Å². The summed E-state index contributed by atoms with van der Waals surface area (Å²) in [7, 11) is 0. The van der Waals surface area contributed by atoms with Gasteiger partial charge in [0.2, 0.25) is 5.91 Å². The molecule has 1 unspecified atom stereocenters. The molecule has 128 valence electrons. The van der Waals surface area contributed by atoms with Crippen LogP contribution in [0.25, 0.3) is 0 Å². The molecule has 7 heteroatoms. The van der Waals surface area contributed by atoms with E-state index in [1.165, 1.54) is 6.42 Å². The Balaban J connectivity index is 0.00000192. The maximum atomic E-state index is 12.2. The van der Waals surface area contributed by atoms with Crippen molar-refractivity contribution < 1.29 is 14.3 Å². The second-order valence-corrected chi connectivity index (χ2v) is 6.49. The molecule has 0 aromatic heterocycles. The van der Waals surface area contributed by atoms with Crippen molar-refractivity contribution in [2.24, 2.45) is 5.92 Å². The van der Waals surface area contributed by atoms with Crippen LogP contribution < -0.4 is 20.1 Å². The Bertz CT molecular complexity index is 550. The number of hydrogen-bond donors (Lipinski definition) is 2. The van der Waals surface area contributed by atoms with Crippen LogP contribution in [0.5, 0.6) is 11.5 Å². The third kappa shape index (κ3) is 4.68. The van der Waals surface area contributed by atoms with Crippen LogP contribution in [0, 0.1) is 5.92 Å². The van der Waals surface area contributed by atoms with Crippen LogP contribution in [0.1, 0.15) is 19.3 Å². The van der Waals surface area contributed by atoms with E-state index in [0.29, 0.717) is 31.3 Å². The van der Waals surface area contributed by atoms with Gasteiger partial charge in [0.25, 0.3) is 0 Å². The monoisotopic (exact) mass is 358 g/mol. The van der Waals surface area contributed by atoms with Crippen molar-refractivity contribution in [3.63, 3.8) is 0 Å². The van der Waals surface area contributed by atoms with Gasteiger partial charge in [0.05, 0.1) is 5.69 Å². The summed E-state index contributed by atoms with van der Waals surface area (Å²) in [6.45, 7) is 3.23. The summed E-state index contributed by atoms with van der Waals surface area (Å²) in [6, 6.07) is 3.81. The third-order valence-electron chi connectivity index (χ3n) is 4.08. The molecule has 1 aromatic rings. The van der Waals surface area contributed by atoms with Gasteiger partial charge < -0.3 is 20.1 Å². The Morgan fingerprint density at radius 1 is 1.35 bits per heavy atom. The number of halogens is 1. The fraction of sp³-hybridized carbons (Fsp3) is 0.562. The number of thioether (sulfide) groups is 1. The van der Waals surface area contributed by atoms with E-state index in [2.05, 4.69) is 10.6 Å². The predicted octanol–water partition coefficient (Wildman–Crippen LogP) is 2.93. The van der Waals surface area contributed by atoms with E-state index in [4.69, 9.17) is 9.47 Å². The molecule has 2 aliphatic heterocycles. The number of nitrogens with one attached hydrogen (secondary N) is 2. The van der Waals surface area contributed by atoms with Gasteiger partial charge in [-0.25, -0.2) is 0 Å². The molecule has 5 nitrogen and oxygen atoms in total. The fourth-order valence-electron chi connectivity index (χ4n) is 2.85. The maximum Gasteiger partial charge on any atom is 0.224 e. The highest BCUT2D eigenvalue weighted by Crippen LogP contribution is 2.39. The van der Waals surface area contributed by atoms with Gasteiger partial charge in [-0.1, -0.05) is 0 Å². The third-order valence-corrected chi connectivity index (χ3v) is 4.86. The summed E-state index contributed by atoms with van der Waals surface area (Å²) in [6.07, 6.45) is 4.67. The Labute approximate surface area is 147 Å². The Hall–Kier alpha value is -1.11. The van der Waals surface area contributed by atoms with Gasteiger partial charge in [0.1, 0.15) is 13.2 Å². The smallest absolute Gasteiger partial charge is 0.224 e. The highest BCUT2D eigenvalue weighted by Gasteiger charge is 2.18. The van der Waals surface area contributed by atoms with Gasteiger partial charge in [-0.2, -0.15) is 0 Å². The summed E-state index contributed by atoms with van der Waals surface area (Å²) >= 11 is 1.59. The zero-order valence-corrected chi connectivity index (χ0v) is 14.9. The van der Waals surface area contributed by atoms with Crippen LogP contribution in [0.2, 0.25) is 0 Å². The predicted molar refractivity (Wildman–Crippen MR) is 95.3 cm³/mol. The minimum absolute atomic E-state index is 0. The van der Waals surface area contributed by atoms with Crippen molar-refractivity contribution in [2.75, 3.05) is 37.9 Å². The number of carbonyl (C=O) groups is 1. The average molecular weight is 359 g/mol. The van der Waals surface area contributed by atoms with E-state index in [9.17, 15) is 4.79 Å². The summed E-state index contributed by atoms with van der Waals surface area (Å²) in [5.41, 5.74) is 0.811. The first-order valence-corrected chi connectivity index (χ1v) is 8.97. The zero-order chi connectivity index (χ0) is 15.4. The van der Waals surface area contributed by atoms with Gasteiger partial charge in [-0.05, 0) is 44.2 Å². The van der Waals surface area contributed by atoms with Crippen molar-refractivity contribution in [1.29, 1.82) is 0 Å². The number of ether oxygens (including phenoxy) is 2. The largest absolute Gasteiger partial charge is 0.486 e. The van der Waals surface area contributed by atoms with Crippen LogP contribution in [0.15, 0.2) is 17.0 Å². The lowest BCUT2D eigenvalue weighted by Gasteiger charge is -2.21. The normalized spacial score (nSPS) is 19.1. The molecule has 0 aliphatic carbocycles. The summed E-state index contributed by atoms with van der Waals surface area (Å²) in [5.74, 6) is 2.16. The van der Waals surface area contributed by atoms with Crippen LogP contribution in [0.3, 0.4) is 0 Å². The number of hydrogen-bond acceptors (Lipinski definition) is 5. The van der Waals surface area contributed by atoms with Gasteiger partial charge in [0.15, 0.2) is 11.5 Å². The van der Waals surface area contributed by atoms with Crippen LogP contribution in [0.4, 0.5) is 5.69 Å². The molecule has 3 rings (SSSR count). The summed E-state index contributed by atoms with van der Waals surface area (Å²) < 4.78 is 11.2. The maximum absolute atomic E-state index is 12.2. The van der Waals surface area contributed by atoms with Crippen molar-refractivity contribution in [1.82, 2.24) is 5.32 Å². The summed E-state index contributed by atoms with van der Waals surface area (Å²) in [4.78, 5) is 13.2. The van der Waals surface area contributed by atoms with Gasteiger partial charge in [-0.3, -0.25) is 4.79 Å². The molecular formula is C16H23ClN2O3S. The molecule has 1 aromatic carbocycles. The Kier molecular flexibility index (Phi) is 6.87. The molecule has 0 saturated carbocycles. The van der Waals surface area contributed by atoms with E-state index in [-0.39, 0.29) is 18.3 Å². The van der Waals surface area contributed by atoms with Crippen molar-refractivity contribution in [2.45, 2.75) is 24.2 Å². The molecule has 2 heterocycles. The molecule has 1 amide bonds. The molecular weight excluding hydrogens is 336 g/mol. The molecule has 1 fully saturated rings. The molecule has 2 aliphatic rings. The highest BCUT2D eigenvalue weighted by atomic mass is 35.5. The Morgan fingerprint density at radius 2 is 2.09 bits per heavy atom. The zero-order valence-electron chi connectivity index (χ0n) is 13.2. The molecule has 0 radical (unpaired) electrons. The highest BCUT2D eigenvalue weighted by molar-refractivity contribution is 7.98. The second kappa shape index (κ2) is 8.66. The van der Waals surface area contributed by atoms with Gasteiger partial charge in [0, 0.05) is 17.4 Å². The van der Waals surface area contributed by atoms with Crippen molar-refractivity contribution >= 4 is 35.8 Å². The number of carbonyl (C=O) groups excluding carboxylic acids is 1. The molecule has 0 bridgehead atoms. The molecule has 23 heavy (non-hydrogen) atoms. The minimum atomic E-state index is 0. The molecule has 1 saturated heterocycles. The second-order valence-electron chi connectivity index (χ2n) is 5.64.